The van der Waals surface area contributed by atoms with Gasteiger partial charge in [0, 0.05) is 6.42 Å². The summed E-state index contributed by atoms with van der Waals surface area (Å²) in [5.41, 5.74) is 0. The second kappa shape index (κ2) is 44.3. The predicted octanol–water partition coefficient (Wildman–Crippen LogP) is 12.4. The first-order valence-electron chi connectivity index (χ1n) is 26.7. The fraction of sp³-hybridized carbons (Fsp3) is 0.870. The Labute approximate surface area is 387 Å². The number of hydrogen-bond acceptors (Lipinski definition) is 8. The topological polar surface area (TPSA) is 149 Å². The van der Waals surface area contributed by atoms with Gasteiger partial charge in [-0.15, -0.1) is 0 Å². The highest BCUT2D eigenvalue weighted by Gasteiger charge is 2.44. The molecule has 63 heavy (non-hydrogen) atoms. The Balaban J connectivity index is 2.18. The molecule has 1 fully saturated rings. The SMILES string of the molecule is CCCCCCCCCCCCCCCCCCCCCCC/C=C/CC/C=C/CC/C=C/C(O)C(COC1OC(CO)C(O)C(O)C1O)NC(=O)CCCCCCCCCCC. The zero-order chi connectivity index (χ0) is 45.9. The van der Waals surface area contributed by atoms with Crippen LogP contribution in [-0.2, 0) is 14.3 Å². The fourth-order valence-corrected chi connectivity index (χ4v) is 8.42. The van der Waals surface area contributed by atoms with Gasteiger partial charge in [0.2, 0.25) is 5.91 Å². The minimum Gasteiger partial charge on any atom is -0.394 e. The summed E-state index contributed by atoms with van der Waals surface area (Å²) in [6, 6.07) is -0.824. The molecule has 1 amide bonds. The van der Waals surface area contributed by atoms with E-state index < -0.39 is 49.5 Å². The van der Waals surface area contributed by atoms with Crippen molar-refractivity contribution < 1.29 is 39.8 Å². The van der Waals surface area contributed by atoms with Crippen molar-refractivity contribution in [1.82, 2.24) is 5.32 Å². The van der Waals surface area contributed by atoms with E-state index in [-0.39, 0.29) is 12.5 Å². The monoisotopic (exact) mass is 892 g/mol. The molecule has 1 aliphatic heterocycles. The summed E-state index contributed by atoms with van der Waals surface area (Å²) in [5, 5.41) is 54.1. The quantitative estimate of drug-likeness (QED) is 0.0261. The highest BCUT2D eigenvalue weighted by atomic mass is 16.7. The van der Waals surface area contributed by atoms with Gasteiger partial charge in [-0.2, -0.15) is 0 Å². The standard InChI is InChI=1S/C54H101NO8/c1-3-5-7-9-11-13-14-15-16-17-18-19-20-21-22-23-24-25-26-27-28-29-30-31-32-33-34-36-37-39-41-43-48(57)47(46-62-54-53(61)52(60)51(59)49(45-56)63-54)55-50(58)44-42-40-38-35-12-10-8-6-4-2/h30-31,34,36,41,43,47-49,51-54,56-57,59-61H,3-29,32-33,35,37-40,42,44-46H2,1-2H3,(H,55,58)/b31-30+,36-34+,43-41+. The van der Waals surface area contributed by atoms with Crippen molar-refractivity contribution in [3.05, 3.63) is 36.5 Å². The average Bonchev–Trinajstić information content (AvgIpc) is 3.28. The molecule has 9 heteroatoms. The van der Waals surface area contributed by atoms with Crippen LogP contribution in [-0.4, -0.2) is 87.5 Å². The third-order valence-electron chi connectivity index (χ3n) is 12.7. The van der Waals surface area contributed by atoms with E-state index in [0.717, 1.165) is 44.9 Å². The largest absolute Gasteiger partial charge is 0.394 e. The summed E-state index contributed by atoms with van der Waals surface area (Å²) < 4.78 is 11.2. The summed E-state index contributed by atoms with van der Waals surface area (Å²) in [6.45, 7) is 3.74. The minimum atomic E-state index is -1.57. The molecule has 0 spiro atoms. The molecule has 7 unspecified atom stereocenters. The van der Waals surface area contributed by atoms with Crippen molar-refractivity contribution in [2.45, 2.75) is 288 Å². The van der Waals surface area contributed by atoms with E-state index in [9.17, 15) is 30.3 Å². The van der Waals surface area contributed by atoms with Crippen LogP contribution in [0.2, 0.25) is 0 Å². The number of aliphatic hydroxyl groups is 5. The lowest BCUT2D eigenvalue weighted by Crippen LogP contribution is -2.60. The van der Waals surface area contributed by atoms with Gasteiger partial charge < -0.3 is 40.3 Å². The molecule has 0 aliphatic carbocycles. The number of aliphatic hydroxyl groups excluding tert-OH is 5. The Bertz CT molecular complexity index is 1080. The molecule has 370 valence electrons. The van der Waals surface area contributed by atoms with E-state index in [1.54, 1.807) is 6.08 Å². The summed E-state index contributed by atoms with van der Waals surface area (Å²) >= 11 is 0. The van der Waals surface area contributed by atoms with Gasteiger partial charge in [0.05, 0.1) is 25.4 Å². The summed E-state index contributed by atoms with van der Waals surface area (Å²) in [4.78, 5) is 12.9. The molecular weight excluding hydrogens is 791 g/mol. The van der Waals surface area contributed by atoms with Crippen LogP contribution in [0.5, 0.6) is 0 Å². The molecule has 0 radical (unpaired) electrons. The maximum absolute atomic E-state index is 12.9. The van der Waals surface area contributed by atoms with Crippen molar-refractivity contribution in [1.29, 1.82) is 0 Å². The minimum absolute atomic E-state index is 0.194. The van der Waals surface area contributed by atoms with Crippen LogP contribution in [0.15, 0.2) is 36.5 Å². The van der Waals surface area contributed by atoms with Gasteiger partial charge in [-0.05, 0) is 44.9 Å². The molecule has 6 N–H and O–H groups in total. The fourth-order valence-electron chi connectivity index (χ4n) is 8.42. The first-order valence-corrected chi connectivity index (χ1v) is 26.7. The normalized spacial score (nSPS) is 20.4. The van der Waals surface area contributed by atoms with Crippen LogP contribution >= 0.6 is 0 Å². The maximum Gasteiger partial charge on any atom is 0.220 e. The molecule has 1 aliphatic rings. The molecule has 9 nitrogen and oxygen atoms in total. The third kappa shape index (κ3) is 34.4. The van der Waals surface area contributed by atoms with E-state index in [2.05, 4.69) is 43.5 Å². The first-order chi connectivity index (χ1) is 30.8. The van der Waals surface area contributed by atoms with Gasteiger partial charge in [0.25, 0.3) is 0 Å². The first kappa shape index (κ1) is 59.4. The maximum atomic E-state index is 12.9. The van der Waals surface area contributed by atoms with E-state index in [1.165, 1.54) is 180 Å². The number of allylic oxidation sites excluding steroid dienone is 5. The molecule has 0 bridgehead atoms. The lowest BCUT2D eigenvalue weighted by Gasteiger charge is -2.40. The molecule has 0 saturated carbocycles. The summed E-state index contributed by atoms with van der Waals surface area (Å²) in [6.07, 6.45) is 49.6. The number of nitrogens with one attached hydrogen (secondary N) is 1. The van der Waals surface area contributed by atoms with Gasteiger partial charge in [0.1, 0.15) is 24.4 Å². The number of carbonyl (C=O) groups excluding carboxylic acids is 1. The van der Waals surface area contributed by atoms with Crippen LogP contribution in [0.25, 0.3) is 0 Å². The number of unbranched alkanes of at least 4 members (excludes halogenated alkanes) is 31. The third-order valence-corrected chi connectivity index (χ3v) is 12.7. The average molecular weight is 892 g/mol. The number of hydrogen-bond donors (Lipinski definition) is 6. The Hall–Kier alpha value is -1.59. The Morgan fingerprint density at radius 2 is 0.905 bits per heavy atom. The Morgan fingerprint density at radius 3 is 1.33 bits per heavy atom. The molecule has 0 aromatic heterocycles. The van der Waals surface area contributed by atoms with E-state index in [4.69, 9.17) is 9.47 Å². The van der Waals surface area contributed by atoms with Gasteiger partial charge >= 0.3 is 0 Å². The molecule has 1 saturated heterocycles. The zero-order valence-corrected chi connectivity index (χ0v) is 40.8. The van der Waals surface area contributed by atoms with Gasteiger partial charge in [-0.3, -0.25) is 4.79 Å². The van der Waals surface area contributed by atoms with Crippen LogP contribution in [0.4, 0.5) is 0 Å². The van der Waals surface area contributed by atoms with E-state index in [1.807, 2.05) is 6.08 Å². The van der Waals surface area contributed by atoms with Crippen molar-refractivity contribution in [2.24, 2.45) is 0 Å². The zero-order valence-electron chi connectivity index (χ0n) is 40.8. The van der Waals surface area contributed by atoms with Crippen LogP contribution < -0.4 is 5.32 Å². The molecule has 0 aromatic rings. The summed E-state index contributed by atoms with van der Waals surface area (Å²) in [5.74, 6) is -0.194. The van der Waals surface area contributed by atoms with Crippen molar-refractivity contribution in [3.8, 4) is 0 Å². The van der Waals surface area contributed by atoms with E-state index >= 15 is 0 Å². The lowest BCUT2D eigenvalue weighted by molar-refractivity contribution is -0.302. The second-order valence-electron chi connectivity index (χ2n) is 18.7. The molecule has 1 heterocycles. The highest BCUT2D eigenvalue weighted by molar-refractivity contribution is 5.76. The van der Waals surface area contributed by atoms with Gasteiger partial charge in [0.15, 0.2) is 6.29 Å². The number of rotatable bonds is 45. The number of amides is 1. The smallest absolute Gasteiger partial charge is 0.220 e. The van der Waals surface area contributed by atoms with Crippen molar-refractivity contribution >= 4 is 5.91 Å². The molecular formula is C54H101NO8. The molecule has 1 rings (SSSR count). The Kier molecular flexibility index (Phi) is 41.7. The summed E-state index contributed by atoms with van der Waals surface area (Å²) in [7, 11) is 0. The lowest BCUT2D eigenvalue weighted by atomic mass is 9.99. The van der Waals surface area contributed by atoms with Crippen LogP contribution in [0.3, 0.4) is 0 Å². The highest BCUT2D eigenvalue weighted by Crippen LogP contribution is 2.23. The van der Waals surface area contributed by atoms with Crippen LogP contribution in [0, 0.1) is 0 Å². The van der Waals surface area contributed by atoms with Crippen LogP contribution in [0.1, 0.15) is 245 Å². The van der Waals surface area contributed by atoms with E-state index in [0.29, 0.717) is 6.42 Å². The Morgan fingerprint density at radius 1 is 0.524 bits per heavy atom. The van der Waals surface area contributed by atoms with Gasteiger partial charge in [-0.25, -0.2) is 0 Å². The molecule has 7 atom stereocenters. The van der Waals surface area contributed by atoms with Gasteiger partial charge in [-0.1, -0.05) is 230 Å². The van der Waals surface area contributed by atoms with Crippen molar-refractivity contribution in [2.75, 3.05) is 13.2 Å². The number of ether oxygens (including phenoxy) is 2. The molecule has 0 aromatic carbocycles. The second-order valence-corrected chi connectivity index (χ2v) is 18.7. The predicted molar refractivity (Wildman–Crippen MR) is 263 cm³/mol. The van der Waals surface area contributed by atoms with Crippen molar-refractivity contribution in [3.63, 3.8) is 0 Å². The number of carbonyl (C=O) groups is 1.